The van der Waals surface area contributed by atoms with Gasteiger partial charge >= 0.3 is 6.09 Å². The van der Waals surface area contributed by atoms with Crippen LogP contribution in [0.3, 0.4) is 0 Å². The number of carboxylic acid groups (broad SMARTS) is 1. The Bertz CT molecular complexity index is 658. The second-order valence-corrected chi connectivity index (χ2v) is 6.84. The van der Waals surface area contributed by atoms with Crippen molar-refractivity contribution < 1.29 is 19.5 Å². The molecule has 3 rings (SSSR count). The van der Waals surface area contributed by atoms with E-state index in [1.165, 1.54) is 4.90 Å². The van der Waals surface area contributed by atoms with Crippen molar-refractivity contribution >= 4 is 17.9 Å². The number of nitrogens with zero attached hydrogens (tertiary/aromatic N) is 3. The van der Waals surface area contributed by atoms with E-state index in [9.17, 15) is 14.4 Å². The van der Waals surface area contributed by atoms with Gasteiger partial charge in [-0.3, -0.25) is 14.6 Å². The molecule has 1 aromatic rings. The van der Waals surface area contributed by atoms with Crippen LogP contribution < -0.4 is 5.32 Å². The van der Waals surface area contributed by atoms with Crippen molar-refractivity contribution in [2.24, 2.45) is 5.92 Å². The van der Waals surface area contributed by atoms with Crippen LogP contribution in [0.25, 0.3) is 0 Å². The number of likely N-dealkylation sites (tertiary alicyclic amines) is 2. The van der Waals surface area contributed by atoms with Gasteiger partial charge in [-0.1, -0.05) is 0 Å². The van der Waals surface area contributed by atoms with Crippen LogP contribution >= 0.6 is 0 Å². The molecule has 2 saturated heterocycles. The number of amides is 3. The molecular weight excluding hydrogens is 336 g/mol. The number of carbonyl (C=O) groups excluding carboxylic acids is 2. The summed E-state index contributed by atoms with van der Waals surface area (Å²) in [6.45, 7) is 1.83. The van der Waals surface area contributed by atoms with Gasteiger partial charge in [0.1, 0.15) is 0 Å². The Morgan fingerprint density at radius 1 is 1.23 bits per heavy atom. The van der Waals surface area contributed by atoms with Gasteiger partial charge in [0.2, 0.25) is 11.8 Å². The van der Waals surface area contributed by atoms with Crippen molar-refractivity contribution in [2.45, 2.75) is 31.7 Å². The summed E-state index contributed by atoms with van der Waals surface area (Å²) in [5, 5.41) is 11.9. The van der Waals surface area contributed by atoms with Gasteiger partial charge in [-0.2, -0.15) is 0 Å². The number of hydrogen-bond donors (Lipinski definition) is 2. The van der Waals surface area contributed by atoms with Gasteiger partial charge in [-0.05, 0) is 37.0 Å². The van der Waals surface area contributed by atoms with Crippen molar-refractivity contribution in [3.8, 4) is 0 Å². The van der Waals surface area contributed by atoms with E-state index in [4.69, 9.17) is 5.11 Å². The zero-order chi connectivity index (χ0) is 18.5. The molecule has 0 spiro atoms. The van der Waals surface area contributed by atoms with E-state index < -0.39 is 6.09 Å². The van der Waals surface area contributed by atoms with Crippen LogP contribution in [-0.2, 0) is 16.0 Å². The van der Waals surface area contributed by atoms with Crippen LogP contribution in [0.1, 0.15) is 24.8 Å². The SMILES string of the molecule is O=C(NCCc1ccncc1)C1CC(=O)N(C2CCN(C(=O)O)CC2)C1. The highest BCUT2D eigenvalue weighted by molar-refractivity contribution is 5.89. The fraction of sp³-hybridized carbons (Fsp3) is 0.556. The molecule has 140 valence electrons. The molecule has 0 radical (unpaired) electrons. The zero-order valence-electron chi connectivity index (χ0n) is 14.6. The molecule has 0 aromatic carbocycles. The van der Waals surface area contributed by atoms with Crippen LogP contribution in [0, 0.1) is 5.92 Å². The Morgan fingerprint density at radius 3 is 2.58 bits per heavy atom. The first-order valence-electron chi connectivity index (χ1n) is 8.98. The minimum Gasteiger partial charge on any atom is -0.465 e. The topological polar surface area (TPSA) is 103 Å². The third-order valence-corrected chi connectivity index (χ3v) is 5.17. The molecule has 1 unspecified atom stereocenters. The quantitative estimate of drug-likeness (QED) is 0.806. The van der Waals surface area contributed by atoms with Gasteiger partial charge in [0.15, 0.2) is 0 Å². The molecule has 2 aliphatic rings. The normalized spacial score (nSPS) is 21.1. The highest BCUT2D eigenvalue weighted by Crippen LogP contribution is 2.25. The number of pyridine rings is 1. The van der Waals surface area contributed by atoms with Gasteiger partial charge in [0.25, 0.3) is 0 Å². The summed E-state index contributed by atoms with van der Waals surface area (Å²) in [5.74, 6) is -0.414. The van der Waals surface area contributed by atoms with Crippen molar-refractivity contribution in [3.63, 3.8) is 0 Å². The first kappa shape index (κ1) is 18.2. The van der Waals surface area contributed by atoms with Gasteiger partial charge in [0.05, 0.1) is 5.92 Å². The molecule has 26 heavy (non-hydrogen) atoms. The summed E-state index contributed by atoms with van der Waals surface area (Å²) in [6.07, 6.45) is 4.76. The van der Waals surface area contributed by atoms with Gasteiger partial charge < -0.3 is 20.2 Å². The van der Waals surface area contributed by atoms with Crippen LogP contribution in [0.4, 0.5) is 4.79 Å². The maximum absolute atomic E-state index is 12.4. The smallest absolute Gasteiger partial charge is 0.407 e. The summed E-state index contributed by atoms with van der Waals surface area (Å²) in [7, 11) is 0. The molecule has 2 N–H and O–H groups in total. The van der Waals surface area contributed by atoms with Crippen molar-refractivity contribution in [1.82, 2.24) is 20.1 Å². The lowest BCUT2D eigenvalue weighted by Gasteiger charge is -2.35. The highest BCUT2D eigenvalue weighted by atomic mass is 16.4. The van der Waals surface area contributed by atoms with E-state index in [-0.39, 0.29) is 30.2 Å². The molecule has 0 aliphatic carbocycles. The summed E-state index contributed by atoms with van der Waals surface area (Å²) in [5.41, 5.74) is 1.11. The lowest BCUT2D eigenvalue weighted by molar-refractivity contribution is -0.131. The Hall–Kier alpha value is -2.64. The minimum absolute atomic E-state index is 0.00643. The third kappa shape index (κ3) is 4.30. The minimum atomic E-state index is -0.914. The predicted molar refractivity (Wildman–Crippen MR) is 93.4 cm³/mol. The first-order chi connectivity index (χ1) is 12.5. The molecule has 0 saturated carbocycles. The van der Waals surface area contributed by atoms with Crippen molar-refractivity contribution in [3.05, 3.63) is 30.1 Å². The fourth-order valence-electron chi connectivity index (χ4n) is 3.65. The zero-order valence-corrected chi connectivity index (χ0v) is 14.6. The van der Waals surface area contributed by atoms with E-state index in [2.05, 4.69) is 10.3 Å². The van der Waals surface area contributed by atoms with Crippen LogP contribution in [0.15, 0.2) is 24.5 Å². The van der Waals surface area contributed by atoms with Crippen LogP contribution in [-0.4, -0.2) is 70.0 Å². The molecule has 2 aliphatic heterocycles. The second kappa shape index (κ2) is 8.16. The molecule has 2 fully saturated rings. The Morgan fingerprint density at radius 2 is 1.92 bits per heavy atom. The second-order valence-electron chi connectivity index (χ2n) is 6.84. The summed E-state index contributed by atoms with van der Waals surface area (Å²) >= 11 is 0. The van der Waals surface area contributed by atoms with Crippen LogP contribution in [0.5, 0.6) is 0 Å². The van der Waals surface area contributed by atoms with Gasteiger partial charge in [-0.25, -0.2) is 4.79 Å². The molecule has 3 heterocycles. The molecule has 3 amide bonds. The average molecular weight is 360 g/mol. The number of nitrogens with one attached hydrogen (secondary N) is 1. The molecule has 8 nitrogen and oxygen atoms in total. The maximum Gasteiger partial charge on any atom is 0.407 e. The van der Waals surface area contributed by atoms with E-state index >= 15 is 0 Å². The Kier molecular flexibility index (Phi) is 5.70. The Balaban J connectivity index is 1.45. The van der Waals surface area contributed by atoms with Crippen LogP contribution in [0.2, 0.25) is 0 Å². The van der Waals surface area contributed by atoms with Crippen molar-refractivity contribution in [2.75, 3.05) is 26.2 Å². The number of rotatable bonds is 5. The molecule has 1 atom stereocenters. The number of carbonyl (C=O) groups is 3. The number of piperidine rings is 1. The molecule has 0 bridgehead atoms. The maximum atomic E-state index is 12.4. The van der Waals surface area contributed by atoms with Crippen molar-refractivity contribution in [1.29, 1.82) is 0 Å². The molecule has 8 heteroatoms. The lowest BCUT2D eigenvalue weighted by atomic mass is 10.0. The first-order valence-corrected chi connectivity index (χ1v) is 8.98. The Labute approximate surface area is 152 Å². The van der Waals surface area contributed by atoms with Gasteiger partial charge in [0, 0.05) is 51.0 Å². The summed E-state index contributed by atoms with van der Waals surface area (Å²) < 4.78 is 0. The summed E-state index contributed by atoms with van der Waals surface area (Å²) in [6, 6.07) is 3.86. The predicted octanol–water partition coefficient (Wildman–Crippen LogP) is 0.731. The van der Waals surface area contributed by atoms with E-state index in [1.54, 1.807) is 17.3 Å². The van der Waals surface area contributed by atoms with E-state index in [0.717, 1.165) is 12.0 Å². The number of hydrogen-bond acceptors (Lipinski definition) is 4. The number of aromatic nitrogens is 1. The standard InChI is InChI=1S/C18H24N4O4/c23-16-11-14(17(24)20-8-3-13-1-6-19-7-2-13)12-22(16)15-4-9-21(10-5-15)18(25)26/h1-2,6-7,14-15H,3-5,8-12H2,(H,20,24)(H,25,26). The fourth-order valence-corrected chi connectivity index (χ4v) is 3.65. The summed E-state index contributed by atoms with van der Waals surface area (Å²) in [4.78, 5) is 42.8. The van der Waals surface area contributed by atoms with E-state index in [0.29, 0.717) is 39.0 Å². The average Bonchev–Trinajstić information content (AvgIpc) is 3.04. The monoisotopic (exact) mass is 360 g/mol. The highest BCUT2D eigenvalue weighted by Gasteiger charge is 2.39. The molecular formula is C18H24N4O4. The third-order valence-electron chi connectivity index (χ3n) is 5.17. The lowest BCUT2D eigenvalue weighted by Crippen LogP contribution is -2.47. The largest absolute Gasteiger partial charge is 0.465 e. The van der Waals surface area contributed by atoms with E-state index in [1.807, 2.05) is 12.1 Å². The van der Waals surface area contributed by atoms with Gasteiger partial charge in [-0.15, -0.1) is 0 Å². The molecule has 1 aromatic heterocycles.